The first kappa shape index (κ1) is 21.1. The molecule has 1 aliphatic rings. The molecule has 0 radical (unpaired) electrons. The van der Waals surface area contributed by atoms with Gasteiger partial charge in [-0.2, -0.15) is 0 Å². The number of benzene rings is 2. The molecular weight excluding hydrogens is 375 g/mol. The van der Waals surface area contributed by atoms with E-state index in [1.165, 1.54) is 50.5 Å². The van der Waals surface area contributed by atoms with Crippen molar-refractivity contribution in [3.63, 3.8) is 0 Å². The van der Waals surface area contributed by atoms with Gasteiger partial charge in [-0.05, 0) is 67.6 Å². The van der Waals surface area contributed by atoms with Gasteiger partial charge in [0.05, 0.1) is 5.39 Å². The highest BCUT2D eigenvalue weighted by Gasteiger charge is 2.23. The SMILES string of the molecule is CCCCc1ccc2c(oc(=O)c3cc(C4CCC(CCCC)CC4)ccc32)c1F. The fraction of sp³-hybridized carbons (Fsp3) is 0.519. The molecule has 1 aliphatic carbocycles. The number of unbranched alkanes of at least 4 members (excludes halogenated alkanes) is 2. The second kappa shape index (κ2) is 9.32. The largest absolute Gasteiger partial charge is 0.419 e. The fourth-order valence-corrected chi connectivity index (χ4v) is 5.11. The smallest absolute Gasteiger partial charge is 0.344 e. The van der Waals surface area contributed by atoms with E-state index in [2.05, 4.69) is 19.9 Å². The Morgan fingerprint density at radius 1 is 0.933 bits per heavy atom. The summed E-state index contributed by atoms with van der Waals surface area (Å²) in [6.07, 6.45) is 11.5. The Labute approximate surface area is 178 Å². The molecule has 0 aliphatic heterocycles. The minimum atomic E-state index is -0.428. The maximum atomic E-state index is 15.0. The Kier molecular flexibility index (Phi) is 6.55. The van der Waals surface area contributed by atoms with Crippen LogP contribution in [0.1, 0.15) is 88.7 Å². The van der Waals surface area contributed by atoms with Gasteiger partial charge in [-0.1, -0.05) is 63.8 Å². The van der Waals surface area contributed by atoms with Crippen molar-refractivity contribution in [3.8, 4) is 0 Å². The Hall–Kier alpha value is -2.16. The van der Waals surface area contributed by atoms with Crippen LogP contribution in [-0.4, -0.2) is 0 Å². The molecule has 0 amide bonds. The highest BCUT2D eigenvalue weighted by molar-refractivity contribution is 6.04. The van der Waals surface area contributed by atoms with E-state index in [4.69, 9.17) is 4.42 Å². The molecule has 0 spiro atoms. The molecule has 4 rings (SSSR count). The van der Waals surface area contributed by atoms with E-state index in [0.29, 0.717) is 28.7 Å². The van der Waals surface area contributed by atoms with E-state index in [9.17, 15) is 9.18 Å². The molecule has 1 heterocycles. The van der Waals surface area contributed by atoms with Crippen LogP contribution in [0.2, 0.25) is 0 Å². The number of hydrogen-bond donors (Lipinski definition) is 0. The molecule has 1 fully saturated rings. The lowest BCUT2D eigenvalue weighted by Gasteiger charge is -2.29. The van der Waals surface area contributed by atoms with Gasteiger partial charge in [-0.25, -0.2) is 9.18 Å². The van der Waals surface area contributed by atoms with Crippen molar-refractivity contribution in [2.24, 2.45) is 5.92 Å². The summed E-state index contributed by atoms with van der Waals surface area (Å²) in [4.78, 5) is 12.7. The first-order chi connectivity index (χ1) is 14.6. The molecule has 160 valence electrons. The number of aryl methyl sites for hydroxylation is 1. The van der Waals surface area contributed by atoms with Crippen LogP contribution in [0, 0.1) is 11.7 Å². The van der Waals surface area contributed by atoms with Gasteiger partial charge < -0.3 is 4.42 Å². The molecular formula is C27H33FO2. The summed E-state index contributed by atoms with van der Waals surface area (Å²) in [6, 6.07) is 9.89. The fourth-order valence-electron chi connectivity index (χ4n) is 5.11. The Bertz CT molecular complexity index is 1070. The van der Waals surface area contributed by atoms with Gasteiger partial charge in [-0.15, -0.1) is 0 Å². The Morgan fingerprint density at radius 2 is 1.67 bits per heavy atom. The Morgan fingerprint density at radius 3 is 2.40 bits per heavy atom. The summed E-state index contributed by atoms with van der Waals surface area (Å²) in [7, 11) is 0. The van der Waals surface area contributed by atoms with Crippen LogP contribution in [-0.2, 0) is 6.42 Å². The topological polar surface area (TPSA) is 30.2 Å². The molecule has 0 N–H and O–H groups in total. The molecule has 30 heavy (non-hydrogen) atoms. The maximum absolute atomic E-state index is 15.0. The van der Waals surface area contributed by atoms with Crippen molar-refractivity contribution in [1.29, 1.82) is 0 Å². The lowest BCUT2D eigenvalue weighted by Crippen LogP contribution is -2.13. The molecule has 1 aromatic heterocycles. The van der Waals surface area contributed by atoms with E-state index < -0.39 is 5.63 Å². The van der Waals surface area contributed by atoms with Gasteiger partial charge in [0, 0.05) is 10.8 Å². The van der Waals surface area contributed by atoms with E-state index in [1.807, 2.05) is 24.3 Å². The van der Waals surface area contributed by atoms with Crippen LogP contribution in [0.25, 0.3) is 21.7 Å². The van der Waals surface area contributed by atoms with Crippen LogP contribution in [0.3, 0.4) is 0 Å². The van der Waals surface area contributed by atoms with Crippen molar-refractivity contribution >= 4 is 21.7 Å². The second-order valence-electron chi connectivity index (χ2n) is 9.07. The zero-order chi connectivity index (χ0) is 21.1. The van der Waals surface area contributed by atoms with Crippen LogP contribution < -0.4 is 5.63 Å². The zero-order valence-electron chi connectivity index (χ0n) is 18.3. The summed E-state index contributed by atoms with van der Waals surface area (Å²) in [5.74, 6) is 0.991. The first-order valence-corrected chi connectivity index (χ1v) is 11.8. The minimum absolute atomic E-state index is 0.102. The van der Waals surface area contributed by atoms with Crippen molar-refractivity contribution in [1.82, 2.24) is 0 Å². The standard InChI is InChI=1S/C27H33FO2/c1-3-5-7-18-9-11-19(12-10-18)21-14-15-22-23-16-13-20(8-6-4-2)25(28)26(23)30-27(29)24(22)17-21/h13-19H,3-12H2,1-2H3. The van der Waals surface area contributed by atoms with Crippen LogP contribution in [0.4, 0.5) is 4.39 Å². The predicted molar refractivity (Wildman–Crippen MR) is 123 cm³/mol. The van der Waals surface area contributed by atoms with Crippen molar-refractivity contribution < 1.29 is 8.81 Å². The van der Waals surface area contributed by atoms with Gasteiger partial charge in [0.15, 0.2) is 11.4 Å². The first-order valence-electron chi connectivity index (χ1n) is 11.8. The monoisotopic (exact) mass is 408 g/mol. The number of hydrogen-bond acceptors (Lipinski definition) is 2. The van der Waals surface area contributed by atoms with Gasteiger partial charge in [0.1, 0.15) is 0 Å². The van der Waals surface area contributed by atoms with Crippen molar-refractivity contribution in [2.75, 3.05) is 0 Å². The third kappa shape index (κ3) is 4.17. The summed E-state index contributed by atoms with van der Waals surface area (Å²) in [5.41, 5.74) is 1.53. The van der Waals surface area contributed by atoms with Crippen LogP contribution in [0.5, 0.6) is 0 Å². The zero-order valence-corrected chi connectivity index (χ0v) is 18.3. The molecule has 0 atom stereocenters. The predicted octanol–water partition coefficient (Wildman–Crippen LogP) is 7.89. The number of halogens is 1. The summed E-state index contributed by atoms with van der Waals surface area (Å²) >= 11 is 0. The number of fused-ring (bicyclic) bond motifs is 3. The molecule has 3 aromatic rings. The average Bonchev–Trinajstić information content (AvgIpc) is 2.78. The number of rotatable bonds is 7. The molecule has 0 unspecified atom stereocenters. The van der Waals surface area contributed by atoms with Crippen LogP contribution >= 0.6 is 0 Å². The summed E-state index contributed by atoms with van der Waals surface area (Å²) < 4.78 is 20.5. The second-order valence-corrected chi connectivity index (χ2v) is 9.07. The molecule has 2 aromatic carbocycles. The van der Waals surface area contributed by atoms with Crippen molar-refractivity contribution in [2.45, 2.75) is 84.0 Å². The van der Waals surface area contributed by atoms with E-state index in [1.54, 1.807) is 0 Å². The molecule has 1 saturated carbocycles. The summed E-state index contributed by atoms with van der Waals surface area (Å²) in [5, 5.41) is 2.06. The van der Waals surface area contributed by atoms with Gasteiger partial charge >= 0.3 is 5.63 Å². The third-order valence-corrected chi connectivity index (χ3v) is 7.01. The van der Waals surface area contributed by atoms with Gasteiger partial charge in [0.25, 0.3) is 0 Å². The Balaban J connectivity index is 1.64. The quantitative estimate of drug-likeness (QED) is 0.294. The van der Waals surface area contributed by atoms with E-state index in [-0.39, 0.29) is 11.4 Å². The van der Waals surface area contributed by atoms with Gasteiger partial charge in [0.2, 0.25) is 0 Å². The van der Waals surface area contributed by atoms with Crippen LogP contribution in [0.15, 0.2) is 39.5 Å². The molecule has 0 saturated heterocycles. The van der Waals surface area contributed by atoms with Crippen molar-refractivity contribution in [3.05, 3.63) is 57.7 Å². The maximum Gasteiger partial charge on any atom is 0.344 e. The average molecular weight is 409 g/mol. The highest BCUT2D eigenvalue weighted by Crippen LogP contribution is 2.39. The minimum Gasteiger partial charge on any atom is -0.419 e. The lowest BCUT2D eigenvalue weighted by molar-refractivity contribution is 0.304. The molecule has 2 nitrogen and oxygen atoms in total. The van der Waals surface area contributed by atoms with Gasteiger partial charge in [-0.3, -0.25) is 0 Å². The normalized spacial score (nSPS) is 19.6. The lowest BCUT2D eigenvalue weighted by atomic mass is 9.77. The van der Waals surface area contributed by atoms with E-state index >= 15 is 0 Å². The highest BCUT2D eigenvalue weighted by atomic mass is 19.1. The van der Waals surface area contributed by atoms with E-state index in [0.717, 1.165) is 24.1 Å². The third-order valence-electron chi connectivity index (χ3n) is 7.01. The summed E-state index contributed by atoms with van der Waals surface area (Å²) in [6.45, 7) is 4.34. The molecule has 0 bridgehead atoms. The molecule has 3 heteroatoms.